The van der Waals surface area contributed by atoms with Gasteiger partial charge < -0.3 is 14.6 Å². The number of methoxy groups -OCH3 is 1. The van der Waals surface area contributed by atoms with E-state index in [1.165, 1.54) is 24.1 Å². The van der Waals surface area contributed by atoms with Crippen molar-refractivity contribution >= 4 is 40.7 Å². The number of ether oxygens (including phenoxy) is 2. The van der Waals surface area contributed by atoms with Crippen LogP contribution in [-0.2, 0) is 14.3 Å². The molecule has 0 radical (unpaired) electrons. The number of anilines is 1. The third-order valence-electron chi connectivity index (χ3n) is 6.02. The first kappa shape index (κ1) is 26.0. The van der Waals surface area contributed by atoms with Gasteiger partial charge in [-0.15, -0.1) is 0 Å². The summed E-state index contributed by atoms with van der Waals surface area (Å²) < 4.78 is 10.5. The Morgan fingerprint density at radius 2 is 1.78 bits per heavy atom. The second kappa shape index (κ2) is 10.9. The van der Waals surface area contributed by atoms with Crippen LogP contribution in [0.3, 0.4) is 0 Å². The first-order valence-electron chi connectivity index (χ1n) is 11.8. The monoisotopic (exact) mass is 519 g/mol. The molecule has 3 aromatic carbocycles. The van der Waals surface area contributed by atoms with Crippen LogP contribution in [0.25, 0.3) is 5.76 Å². The number of aliphatic hydroxyl groups excluding tert-OH is 1. The van der Waals surface area contributed by atoms with Gasteiger partial charge >= 0.3 is 5.97 Å². The van der Waals surface area contributed by atoms with Crippen LogP contribution in [0.2, 0.25) is 5.02 Å². The van der Waals surface area contributed by atoms with E-state index in [9.17, 15) is 19.5 Å². The first-order valence-corrected chi connectivity index (χ1v) is 12.1. The molecule has 0 saturated carbocycles. The molecule has 3 aromatic rings. The molecule has 190 valence electrons. The number of rotatable bonds is 7. The Bertz CT molecular complexity index is 1410. The summed E-state index contributed by atoms with van der Waals surface area (Å²) in [6, 6.07) is 17.3. The second-order valence-electron chi connectivity index (χ2n) is 8.62. The standard InChI is InChI=1S/C29H26ClNO6/c1-4-13-37-29(35)20-9-6-10-21(15-20)31-25(18-8-5-7-17(2)14-18)24(27(33)28(31)34)26(32)19-11-12-22(30)23(16-19)36-3/h5-12,14-16,25,32H,4,13H2,1-3H3/b26-24+. The summed E-state index contributed by atoms with van der Waals surface area (Å²) >= 11 is 6.14. The number of aliphatic hydroxyl groups is 1. The predicted molar refractivity (Wildman–Crippen MR) is 141 cm³/mol. The van der Waals surface area contributed by atoms with Gasteiger partial charge in [-0.1, -0.05) is 54.4 Å². The van der Waals surface area contributed by atoms with Crippen molar-refractivity contribution in [2.45, 2.75) is 26.3 Å². The third-order valence-corrected chi connectivity index (χ3v) is 6.34. The van der Waals surface area contributed by atoms with Crippen LogP contribution in [0.4, 0.5) is 5.69 Å². The van der Waals surface area contributed by atoms with Crippen LogP contribution in [-0.4, -0.2) is 36.5 Å². The first-order chi connectivity index (χ1) is 17.8. The number of halogens is 1. The Morgan fingerprint density at radius 1 is 1.03 bits per heavy atom. The molecule has 0 aliphatic carbocycles. The van der Waals surface area contributed by atoms with Crippen LogP contribution in [0.1, 0.15) is 46.4 Å². The Morgan fingerprint density at radius 3 is 2.49 bits per heavy atom. The number of amides is 1. The molecule has 37 heavy (non-hydrogen) atoms. The minimum atomic E-state index is -0.941. The average Bonchev–Trinajstić information content (AvgIpc) is 3.17. The summed E-state index contributed by atoms with van der Waals surface area (Å²) in [5.74, 6) is -2.25. The number of carbonyl (C=O) groups is 3. The van der Waals surface area contributed by atoms with Crippen LogP contribution in [0.15, 0.2) is 72.3 Å². The molecule has 1 saturated heterocycles. The quantitative estimate of drug-likeness (QED) is 0.182. The zero-order valence-electron chi connectivity index (χ0n) is 20.7. The van der Waals surface area contributed by atoms with E-state index >= 15 is 0 Å². The summed E-state index contributed by atoms with van der Waals surface area (Å²) in [6.07, 6.45) is 0.670. The van der Waals surface area contributed by atoms with E-state index in [0.717, 1.165) is 5.56 Å². The number of benzene rings is 3. The van der Waals surface area contributed by atoms with E-state index in [1.807, 2.05) is 32.0 Å². The van der Waals surface area contributed by atoms with Gasteiger partial charge in [0.1, 0.15) is 11.5 Å². The van der Waals surface area contributed by atoms with Crippen molar-refractivity contribution in [3.63, 3.8) is 0 Å². The molecule has 1 aliphatic rings. The molecule has 1 fully saturated rings. The highest BCUT2D eigenvalue weighted by Gasteiger charge is 2.47. The Balaban J connectivity index is 1.90. The van der Waals surface area contributed by atoms with Crippen molar-refractivity contribution in [2.75, 3.05) is 18.6 Å². The lowest BCUT2D eigenvalue weighted by molar-refractivity contribution is -0.132. The molecule has 1 amide bonds. The minimum Gasteiger partial charge on any atom is -0.507 e. The topological polar surface area (TPSA) is 93.1 Å². The molecular weight excluding hydrogens is 494 g/mol. The molecule has 7 nitrogen and oxygen atoms in total. The fraction of sp³-hybridized carbons (Fsp3) is 0.207. The molecule has 0 bridgehead atoms. The molecule has 1 N–H and O–H groups in total. The Labute approximate surface area is 219 Å². The van der Waals surface area contributed by atoms with Gasteiger partial charge in [-0.3, -0.25) is 14.5 Å². The van der Waals surface area contributed by atoms with Crippen LogP contribution in [0, 0.1) is 6.92 Å². The lowest BCUT2D eigenvalue weighted by Crippen LogP contribution is -2.29. The second-order valence-corrected chi connectivity index (χ2v) is 9.03. The van der Waals surface area contributed by atoms with Gasteiger partial charge in [-0.25, -0.2) is 4.79 Å². The van der Waals surface area contributed by atoms with Gasteiger partial charge in [0, 0.05) is 11.3 Å². The number of ketones is 1. The highest BCUT2D eigenvalue weighted by atomic mass is 35.5. The molecule has 1 aliphatic heterocycles. The molecule has 0 spiro atoms. The average molecular weight is 520 g/mol. The number of carbonyl (C=O) groups excluding carboxylic acids is 3. The maximum Gasteiger partial charge on any atom is 0.338 e. The van der Waals surface area contributed by atoms with Crippen molar-refractivity contribution in [3.05, 3.63) is 99.6 Å². The number of Topliss-reactive ketones (excluding diaryl/α,β-unsaturated/α-hetero) is 1. The molecular formula is C29H26ClNO6. The fourth-order valence-corrected chi connectivity index (χ4v) is 4.47. The summed E-state index contributed by atoms with van der Waals surface area (Å²) in [5.41, 5.74) is 2.30. The van der Waals surface area contributed by atoms with E-state index in [4.69, 9.17) is 21.1 Å². The lowest BCUT2D eigenvalue weighted by atomic mass is 9.94. The molecule has 1 heterocycles. The van der Waals surface area contributed by atoms with Crippen LogP contribution >= 0.6 is 11.6 Å². The maximum atomic E-state index is 13.4. The largest absolute Gasteiger partial charge is 0.507 e. The fourth-order valence-electron chi connectivity index (χ4n) is 4.28. The normalized spacial score (nSPS) is 16.6. The van der Waals surface area contributed by atoms with Gasteiger partial charge in [-0.2, -0.15) is 0 Å². The Hall–Kier alpha value is -4.10. The van der Waals surface area contributed by atoms with Crippen molar-refractivity contribution in [2.24, 2.45) is 0 Å². The van der Waals surface area contributed by atoms with E-state index in [2.05, 4.69) is 0 Å². The van der Waals surface area contributed by atoms with Gasteiger partial charge in [0.05, 0.1) is 35.9 Å². The van der Waals surface area contributed by atoms with Gasteiger partial charge in [-0.05, 0) is 55.3 Å². The Kier molecular flexibility index (Phi) is 7.64. The lowest BCUT2D eigenvalue weighted by Gasteiger charge is -2.26. The third kappa shape index (κ3) is 5.08. The molecule has 1 unspecified atom stereocenters. The number of nitrogens with zero attached hydrogens (tertiary/aromatic N) is 1. The highest BCUT2D eigenvalue weighted by molar-refractivity contribution is 6.51. The van der Waals surface area contributed by atoms with Crippen molar-refractivity contribution < 1.29 is 29.0 Å². The summed E-state index contributed by atoms with van der Waals surface area (Å²) in [5, 5.41) is 11.7. The van der Waals surface area contributed by atoms with Crippen molar-refractivity contribution in [1.82, 2.24) is 0 Å². The van der Waals surface area contributed by atoms with E-state index in [0.29, 0.717) is 28.4 Å². The number of aryl methyl sites for hydroxylation is 1. The molecule has 4 rings (SSSR count). The SMILES string of the molecule is CCCOC(=O)c1cccc(N2C(=O)C(=O)/C(=C(/O)c3ccc(Cl)c(OC)c3)C2c2cccc(C)c2)c1. The zero-order chi connectivity index (χ0) is 26.7. The van der Waals surface area contributed by atoms with Crippen molar-refractivity contribution in [1.29, 1.82) is 0 Å². The molecule has 8 heteroatoms. The minimum absolute atomic E-state index is 0.0843. The van der Waals surface area contributed by atoms with E-state index in [1.54, 1.807) is 36.4 Å². The molecule has 0 aromatic heterocycles. The van der Waals surface area contributed by atoms with Crippen LogP contribution in [0.5, 0.6) is 5.75 Å². The van der Waals surface area contributed by atoms with Gasteiger partial charge in [0.15, 0.2) is 0 Å². The van der Waals surface area contributed by atoms with E-state index in [-0.39, 0.29) is 29.1 Å². The zero-order valence-corrected chi connectivity index (χ0v) is 21.4. The van der Waals surface area contributed by atoms with Gasteiger partial charge in [0.2, 0.25) is 0 Å². The smallest absolute Gasteiger partial charge is 0.338 e. The molecule has 1 atom stereocenters. The number of esters is 1. The summed E-state index contributed by atoms with van der Waals surface area (Å²) in [7, 11) is 1.44. The van der Waals surface area contributed by atoms with Gasteiger partial charge in [0.25, 0.3) is 11.7 Å². The number of hydrogen-bond acceptors (Lipinski definition) is 6. The summed E-state index contributed by atoms with van der Waals surface area (Å²) in [4.78, 5) is 40.6. The van der Waals surface area contributed by atoms with E-state index < -0.39 is 23.7 Å². The summed E-state index contributed by atoms with van der Waals surface area (Å²) in [6.45, 7) is 4.05. The van der Waals surface area contributed by atoms with Crippen LogP contribution < -0.4 is 9.64 Å². The highest BCUT2D eigenvalue weighted by Crippen LogP contribution is 2.43. The van der Waals surface area contributed by atoms with Crippen molar-refractivity contribution in [3.8, 4) is 5.75 Å². The number of hydrogen-bond donors (Lipinski definition) is 1. The maximum absolute atomic E-state index is 13.4. The predicted octanol–water partition coefficient (Wildman–Crippen LogP) is 5.85.